The minimum atomic E-state index is -4.24. The fraction of sp³-hybridized carbons (Fsp3) is 0.297. The summed E-state index contributed by atoms with van der Waals surface area (Å²) in [5, 5.41) is 3.97. The topological polar surface area (TPSA) is 96.0 Å². The Hall–Kier alpha value is -4.05. The number of rotatable bonds is 13. The van der Waals surface area contributed by atoms with Crippen LogP contribution < -0.4 is 14.4 Å². The third kappa shape index (κ3) is 8.89. The third-order valence-electron chi connectivity index (χ3n) is 8.55. The maximum atomic E-state index is 14.7. The molecule has 1 atom stereocenters. The summed E-state index contributed by atoms with van der Waals surface area (Å²) in [6, 6.07) is 27.9. The number of benzene rings is 4. The average molecular weight is 709 g/mol. The van der Waals surface area contributed by atoms with Gasteiger partial charge in [0.1, 0.15) is 18.3 Å². The molecule has 8 nitrogen and oxygen atoms in total. The molecule has 11 heteroatoms. The number of nitrogens with one attached hydrogen (secondary N) is 1. The Labute approximate surface area is 292 Å². The summed E-state index contributed by atoms with van der Waals surface area (Å²) < 4.78 is 34.7. The predicted octanol–water partition coefficient (Wildman–Crippen LogP) is 7.29. The first-order valence-corrected chi connectivity index (χ1v) is 18.1. The lowest BCUT2D eigenvalue weighted by atomic mass is 9.94. The molecule has 4 aromatic carbocycles. The first kappa shape index (κ1) is 35.3. The number of halogens is 2. The van der Waals surface area contributed by atoms with Gasteiger partial charge in [-0.3, -0.25) is 13.9 Å². The van der Waals surface area contributed by atoms with Gasteiger partial charge >= 0.3 is 0 Å². The fourth-order valence-electron chi connectivity index (χ4n) is 5.93. The highest BCUT2D eigenvalue weighted by molar-refractivity contribution is 7.92. The molecule has 5 rings (SSSR count). The van der Waals surface area contributed by atoms with E-state index in [1.54, 1.807) is 60.7 Å². The number of ether oxygens (including phenoxy) is 1. The largest absolute Gasteiger partial charge is 0.497 e. The van der Waals surface area contributed by atoms with Gasteiger partial charge in [-0.15, -0.1) is 0 Å². The van der Waals surface area contributed by atoms with Crippen molar-refractivity contribution in [3.63, 3.8) is 0 Å². The summed E-state index contributed by atoms with van der Waals surface area (Å²) in [5.41, 5.74) is 1.73. The van der Waals surface area contributed by atoms with Crippen LogP contribution in [0.15, 0.2) is 108 Å². The van der Waals surface area contributed by atoms with Gasteiger partial charge in [-0.1, -0.05) is 97.1 Å². The molecule has 0 radical (unpaired) electrons. The highest BCUT2D eigenvalue weighted by atomic mass is 35.5. The zero-order valence-corrected chi connectivity index (χ0v) is 29.1. The summed E-state index contributed by atoms with van der Waals surface area (Å²) >= 11 is 12.8. The van der Waals surface area contributed by atoms with Crippen LogP contribution >= 0.6 is 23.2 Å². The molecule has 1 N–H and O–H groups in total. The minimum Gasteiger partial charge on any atom is -0.497 e. The summed E-state index contributed by atoms with van der Waals surface area (Å²) in [6.07, 6.45) is 5.11. The Morgan fingerprint density at radius 1 is 0.875 bits per heavy atom. The lowest BCUT2D eigenvalue weighted by molar-refractivity contribution is -0.140. The fourth-order valence-corrected chi connectivity index (χ4v) is 7.81. The van der Waals surface area contributed by atoms with Crippen LogP contribution in [0.2, 0.25) is 10.0 Å². The van der Waals surface area contributed by atoms with Gasteiger partial charge in [0.2, 0.25) is 11.8 Å². The van der Waals surface area contributed by atoms with Gasteiger partial charge in [0.25, 0.3) is 10.0 Å². The van der Waals surface area contributed by atoms with Crippen LogP contribution in [0.3, 0.4) is 0 Å². The van der Waals surface area contributed by atoms with Crippen molar-refractivity contribution >= 4 is 50.7 Å². The number of sulfonamides is 1. The maximum Gasteiger partial charge on any atom is 0.264 e. The van der Waals surface area contributed by atoms with Gasteiger partial charge in [-0.2, -0.15) is 0 Å². The number of anilines is 1. The number of nitrogens with zero attached hydrogens (tertiary/aromatic N) is 2. The maximum absolute atomic E-state index is 14.7. The van der Waals surface area contributed by atoms with Crippen molar-refractivity contribution in [1.82, 2.24) is 10.2 Å². The normalized spacial score (nSPS) is 14.1. The van der Waals surface area contributed by atoms with Crippen LogP contribution in [0.5, 0.6) is 5.75 Å². The summed E-state index contributed by atoms with van der Waals surface area (Å²) in [6.45, 7) is -0.610. The molecule has 0 spiro atoms. The van der Waals surface area contributed by atoms with Crippen molar-refractivity contribution in [2.75, 3.05) is 18.0 Å². The van der Waals surface area contributed by atoms with Crippen LogP contribution in [0.25, 0.3) is 0 Å². The smallest absolute Gasteiger partial charge is 0.264 e. The van der Waals surface area contributed by atoms with E-state index in [9.17, 15) is 18.0 Å². The first-order valence-electron chi connectivity index (χ1n) is 16.0. The zero-order valence-electron chi connectivity index (χ0n) is 26.7. The van der Waals surface area contributed by atoms with Crippen molar-refractivity contribution in [1.29, 1.82) is 0 Å². The molecule has 2 amide bonds. The van der Waals surface area contributed by atoms with Crippen LogP contribution in [-0.4, -0.2) is 50.9 Å². The second-order valence-corrected chi connectivity index (χ2v) is 14.5. The van der Waals surface area contributed by atoms with Crippen LogP contribution in [-0.2, 0) is 32.6 Å². The van der Waals surface area contributed by atoms with E-state index >= 15 is 0 Å². The van der Waals surface area contributed by atoms with Crippen molar-refractivity contribution < 1.29 is 22.7 Å². The number of amides is 2. The minimum absolute atomic E-state index is 0.00291. The molecule has 0 unspecified atom stereocenters. The monoisotopic (exact) mass is 707 g/mol. The summed E-state index contributed by atoms with van der Waals surface area (Å²) in [4.78, 5) is 30.3. The molecule has 1 aliphatic rings. The van der Waals surface area contributed by atoms with E-state index in [2.05, 4.69) is 5.32 Å². The van der Waals surface area contributed by atoms with Gasteiger partial charge in [0.15, 0.2) is 0 Å². The van der Waals surface area contributed by atoms with Gasteiger partial charge < -0.3 is 15.0 Å². The molecular formula is C37H39Cl2N3O5S. The van der Waals surface area contributed by atoms with Gasteiger partial charge in [-0.05, 0) is 72.5 Å². The number of methoxy groups -OCH3 is 1. The Morgan fingerprint density at radius 3 is 2.15 bits per heavy atom. The van der Waals surface area contributed by atoms with Crippen LogP contribution in [0.4, 0.5) is 5.69 Å². The first-order chi connectivity index (χ1) is 23.2. The van der Waals surface area contributed by atoms with Crippen LogP contribution in [0, 0.1) is 0 Å². The number of carbonyl (C=O) groups is 2. The quantitative estimate of drug-likeness (QED) is 0.158. The highest BCUT2D eigenvalue weighted by Crippen LogP contribution is 2.28. The number of carbonyl (C=O) groups excluding carboxylic acids is 2. The number of hydrogen-bond donors (Lipinski definition) is 1. The molecule has 0 bridgehead atoms. The van der Waals surface area contributed by atoms with E-state index in [1.165, 1.54) is 24.1 Å². The number of hydrogen-bond acceptors (Lipinski definition) is 5. The summed E-state index contributed by atoms with van der Waals surface area (Å²) in [7, 11) is -2.74. The molecule has 252 valence electrons. The van der Waals surface area contributed by atoms with E-state index in [-0.39, 0.29) is 29.8 Å². The van der Waals surface area contributed by atoms with Crippen molar-refractivity contribution in [2.24, 2.45) is 0 Å². The lowest BCUT2D eigenvalue weighted by Crippen LogP contribution is -2.55. The van der Waals surface area contributed by atoms with Gasteiger partial charge in [0, 0.05) is 29.1 Å². The average Bonchev–Trinajstić information content (AvgIpc) is 3.10. The molecule has 4 aromatic rings. The molecular weight excluding hydrogens is 669 g/mol. The van der Waals surface area contributed by atoms with Gasteiger partial charge in [0.05, 0.1) is 17.7 Å². The molecule has 0 saturated heterocycles. The molecule has 0 heterocycles. The van der Waals surface area contributed by atoms with Crippen molar-refractivity contribution in [2.45, 2.75) is 62.0 Å². The Morgan fingerprint density at radius 2 is 1.52 bits per heavy atom. The molecule has 1 saturated carbocycles. The molecule has 0 aromatic heterocycles. The van der Waals surface area contributed by atoms with E-state index in [1.807, 2.05) is 30.3 Å². The Bertz CT molecular complexity index is 1790. The Kier molecular flexibility index (Phi) is 12.0. The van der Waals surface area contributed by atoms with Crippen molar-refractivity contribution in [3.8, 4) is 5.75 Å². The van der Waals surface area contributed by atoms with E-state index in [4.69, 9.17) is 27.9 Å². The third-order valence-corrected chi connectivity index (χ3v) is 10.9. The second-order valence-electron chi connectivity index (χ2n) is 11.8. The van der Waals surface area contributed by atoms with Gasteiger partial charge in [-0.25, -0.2) is 8.42 Å². The number of para-hydroxylation sites is 1. The predicted molar refractivity (Wildman–Crippen MR) is 190 cm³/mol. The molecule has 1 aliphatic carbocycles. The highest BCUT2D eigenvalue weighted by Gasteiger charge is 2.35. The zero-order chi connectivity index (χ0) is 34.1. The van der Waals surface area contributed by atoms with E-state index in [0.29, 0.717) is 27.0 Å². The molecule has 48 heavy (non-hydrogen) atoms. The summed E-state index contributed by atoms with van der Waals surface area (Å²) in [5.74, 6) is -0.370. The standard InChI is InChI=1S/C37H39Cl2N3O5S/c1-47-32-19-21-33(22-20-32)48(45,46)42(31-15-9-4-10-16-31)26-36(43)41(25-28-17-18-29(38)24-34(28)39)35(23-27-11-5-2-6-12-27)37(44)40-30-13-7-3-8-14-30/h2,4-6,9-12,15-22,24,30,35H,3,7-8,13-14,23,25-26H2,1H3,(H,40,44)/t35-/m1/s1. The second kappa shape index (κ2) is 16.4. The van der Waals surface area contributed by atoms with E-state index in [0.717, 1.165) is 42.0 Å². The molecule has 1 fully saturated rings. The van der Waals surface area contributed by atoms with Crippen molar-refractivity contribution in [3.05, 3.63) is 124 Å². The molecule has 0 aliphatic heterocycles. The van der Waals surface area contributed by atoms with Crippen LogP contribution in [0.1, 0.15) is 43.2 Å². The lowest BCUT2D eigenvalue weighted by Gasteiger charge is -2.35. The van der Waals surface area contributed by atoms with E-state index < -0.39 is 28.5 Å². The SMILES string of the molecule is COc1ccc(S(=O)(=O)N(CC(=O)N(Cc2ccc(Cl)cc2Cl)[C@H](Cc2ccccc2)C(=O)NC2CCCCC2)c2ccccc2)cc1. The Balaban J connectivity index is 1.56.